The second-order valence-corrected chi connectivity index (χ2v) is 15.6. The molecule has 0 amide bonds. The first kappa shape index (κ1) is 35.5. The molecular formula is C36H56N2O4. The van der Waals surface area contributed by atoms with E-state index in [9.17, 15) is 20.4 Å². The van der Waals surface area contributed by atoms with Crippen LogP contribution in [0.2, 0.25) is 0 Å². The number of benzene rings is 2. The number of hydrogen-bond acceptors (Lipinski definition) is 6. The lowest BCUT2D eigenvalue weighted by atomic mass is 9.79. The van der Waals surface area contributed by atoms with Crippen LogP contribution in [0.1, 0.15) is 129 Å². The molecule has 2 rings (SSSR count). The number of nitrogens with zero attached hydrogens (tertiary/aromatic N) is 2. The van der Waals surface area contributed by atoms with Crippen LogP contribution in [0, 0.1) is 0 Å². The Morgan fingerprint density at radius 3 is 1.10 bits per heavy atom. The third-order valence-corrected chi connectivity index (χ3v) is 7.73. The number of aliphatic imine (C=N–C) groups is 2. The molecule has 0 unspecified atom stereocenters. The molecule has 2 aromatic carbocycles. The van der Waals surface area contributed by atoms with Crippen molar-refractivity contribution in [1.29, 1.82) is 0 Å². The molecule has 0 heterocycles. The number of aliphatic hydroxyl groups excluding tert-OH is 2. The van der Waals surface area contributed by atoms with Crippen molar-refractivity contribution in [2.45, 2.75) is 130 Å². The Bertz CT molecular complexity index is 1170. The smallest absolute Gasteiger partial charge is 0.128 e. The summed E-state index contributed by atoms with van der Waals surface area (Å²) in [5.74, 6) is 0.394. The Hall–Kier alpha value is -2.70. The van der Waals surface area contributed by atoms with Crippen LogP contribution in [0.4, 0.5) is 0 Å². The van der Waals surface area contributed by atoms with E-state index in [1.807, 2.05) is 12.1 Å². The second kappa shape index (κ2) is 13.3. The molecule has 0 bridgehead atoms. The quantitative estimate of drug-likeness (QED) is 0.233. The summed E-state index contributed by atoms with van der Waals surface area (Å²) in [6, 6.07) is 7.20. The van der Waals surface area contributed by atoms with Crippen molar-refractivity contribution in [2.24, 2.45) is 9.98 Å². The number of aromatic hydroxyl groups is 2. The van der Waals surface area contributed by atoms with Gasteiger partial charge in [-0.25, -0.2) is 0 Å². The van der Waals surface area contributed by atoms with Crippen molar-refractivity contribution >= 4 is 12.4 Å². The van der Waals surface area contributed by atoms with Crippen molar-refractivity contribution in [1.82, 2.24) is 0 Å². The lowest BCUT2D eigenvalue weighted by molar-refractivity contribution is 0.243. The molecular weight excluding hydrogens is 524 g/mol. The lowest BCUT2D eigenvalue weighted by Gasteiger charge is -2.27. The molecule has 0 radical (unpaired) electrons. The van der Waals surface area contributed by atoms with Crippen molar-refractivity contribution in [2.75, 3.05) is 13.2 Å². The van der Waals surface area contributed by atoms with Gasteiger partial charge in [0.1, 0.15) is 11.5 Å². The zero-order valence-electron chi connectivity index (χ0n) is 28.1. The van der Waals surface area contributed by atoms with E-state index in [1.165, 1.54) is 0 Å². The first-order valence-electron chi connectivity index (χ1n) is 15.1. The van der Waals surface area contributed by atoms with Crippen molar-refractivity contribution < 1.29 is 20.4 Å². The molecule has 0 saturated heterocycles. The molecule has 0 aliphatic rings. The van der Waals surface area contributed by atoms with E-state index in [0.717, 1.165) is 22.3 Å². The van der Waals surface area contributed by atoms with Crippen LogP contribution in [0.25, 0.3) is 0 Å². The van der Waals surface area contributed by atoms with Gasteiger partial charge in [-0.05, 0) is 57.8 Å². The summed E-state index contributed by atoms with van der Waals surface area (Å²) in [5, 5.41) is 42.3. The SMILES string of the molecule is CC(C)(C)c1cc(C=N[C@@H](CCO)[C@H](CCO)N=Cc2cc(C(C)(C)C)cc(C(C)(C)C)c2O)c(O)c(C(C)(C)C)c1. The fourth-order valence-corrected chi connectivity index (χ4v) is 4.87. The lowest BCUT2D eigenvalue weighted by Crippen LogP contribution is -2.26. The van der Waals surface area contributed by atoms with Gasteiger partial charge in [-0.1, -0.05) is 95.2 Å². The molecule has 6 nitrogen and oxygen atoms in total. The summed E-state index contributed by atoms with van der Waals surface area (Å²) in [7, 11) is 0. The average Bonchev–Trinajstić information content (AvgIpc) is 2.83. The van der Waals surface area contributed by atoms with Gasteiger partial charge in [-0.2, -0.15) is 0 Å². The largest absolute Gasteiger partial charge is 0.507 e. The summed E-state index contributed by atoms with van der Waals surface area (Å²) >= 11 is 0. The molecule has 0 aliphatic heterocycles. The van der Waals surface area contributed by atoms with Gasteiger partial charge >= 0.3 is 0 Å². The molecule has 0 aliphatic carbocycles. The first-order chi connectivity index (χ1) is 19.1. The summed E-state index contributed by atoms with van der Waals surface area (Å²) < 4.78 is 0. The summed E-state index contributed by atoms with van der Waals surface area (Å²) in [6.45, 7) is 25.1. The molecule has 6 heteroatoms. The van der Waals surface area contributed by atoms with E-state index in [4.69, 9.17) is 9.98 Å². The van der Waals surface area contributed by atoms with Crippen LogP contribution in [-0.4, -0.2) is 58.2 Å². The number of rotatable bonds is 9. The van der Waals surface area contributed by atoms with Crippen molar-refractivity contribution in [3.8, 4) is 11.5 Å². The van der Waals surface area contributed by atoms with Crippen LogP contribution in [-0.2, 0) is 21.7 Å². The maximum absolute atomic E-state index is 11.2. The maximum Gasteiger partial charge on any atom is 0.128 e. The number of phenolic OH excluding ortho intramolecular Hbond substituents is 2. The predicted molar refractivity (Wildman–Crippen MR) is 177 cm³/mol. The van der Waals surface area contributed by atoms with Gasteiger partial charge in [0.15, 0.2) is 0 Å². The predicted octanol–water partition coefficient (Wildman–Crippen LogP) is 7.33. The zero-order valence-corrected chi connectivity index (χ0v) is 28.1. The van der Waals surface area contributed by atoms with Gasteiger partial charge in [0.2, 0.25) is 0 Å². The molecule has 2 aromatic rings. The fraction of sp³-hybridized carbons (Fsp3) is 0.611. The van der Waals surface area contributed by atoms with E-state index in [0.29, 0.717) is 24.0 Å². The van der Waals surface area contributed by atoms with Crippen LogP contribution < -0.4 is 0 Å². The minimum atomic E-state index is -0.441. The highest BCUT2D eigenvalue weighted by Crippen LogP contribution is 2.38. The van der Waals surface area contributed by atoms with E-state index >= 15 is 0 Å². The monoisotopic (exact) mass is 580 g/mol. The molecule has 234 valence electrons. The fourth-order valence-electron chi connectivity index (χ4n) is 4.87. The summed E-state index contributed by atoms with van der Waals surface area (Å²) in [5.41, 5.74) is 4.35. The van der Waals surface area contributed by atoms with Crippen LogP contribution in [0.15, 0.2) is 34.3 Å². The molecule has 0 fully saturated rings. The van der Waals surface area contributed by atoms with E-state index in [2.05, 4.69) is 95.2 Å². The van der Waals surface area contributed by atoms with Crippen LogP contribution in [0.5, 0.6) is 11.5 Å². The summed E-state index contributed by atoms with van der Waals surface area (Å²) in [4.78, 5) is 9.65. The first-order valence-corrected chi connectivity index (χ1v) is 15.1. The minimum Gasteiger partial charge on any atom is -0.507 e. The average molecular weight is 581 g/mol. The van der Waals surface area contributed by atoms with Crippen molar-refractivity contribution in [3.05, 3.63) is 57.6 Å². The van der Waals surface area contributed by atoms with Gasteiger partial charge in [-0.3, -0.25) is 9.98 Å². The molecule has 0 aromatic heterocycles. The number of phenols is 2. The normalized spacial score (nSPS) is 15.1. The Labute approximate surface area is 254 Å². The standard InChI is InChI=1S/C36H56N2O4/c1-33(2,3)25-17-23(31(41)27(19-25)35(7,8)9)21-37-29(13-15-39)30(14-16-40)38-22-24-18-26(34(4,5)6)20-28(32(24)42)36(10,11)12/h17-22,29-30,39-42H,13-16H2,1-12H3/t29-,30-/m0/s1. The number of aliphatic hydroxyl groups is 2. The Morgan fingerprint density at radius 1 is 0.548 bits per heavy atom. The summed E-state index contributed by atoms with van der Waals surface area (Å²) in [6.07, 6.45) is 4.03. The highest BCUT2D eigenvalue weighted by atomic mass is 16.3. The third-order valence-electron chi connectivity index (χ3n) is 7.73. The van der Waals surface area contributed by atoms with Crippen LogP contribution in [0.3, 0.4) is 0 Å². The van der Waals surface area contributed by atoms with Gasteiger partial charge in [0.25, 0.3) is 0 Å². The van der Waals surface area contributed by atoms with Crippen molar-refractivity contribution in [3.63, 3.8) is 0 Å². The molecule has 4 N–H and O–H groups in total. The Morgan fingerprint density at radius 2 is 0.857 bits per heavy atom. The third kappa shape index (κ3) is 9.15. The van der Waals surface area contributed by atoms with Gasteiger partial charge in [0, 0.05) is 47.9 Å². The van der Waals surface area contributed by atoms with Gasteiger partial charge < -0.3 is 20.4 Å². The van der Waals surface area contributed by atoms with Gasteiger partial charge in [-0.15, -0.1) is 0 Å². The second-order valence-electron chi connectivity index (χ2n) is 15.6. The van der Waals surface area contributed by atoms with E-state index in [-0.39, 0.29) is 46.4 Å². The number of hydrogen-bond donors (Lipinski definition) is 4. The maximum atomic E-state index is 11.2. The van der Waals surface area contributed by atoms with Crippen LogP contribution >= 0.6 is 0 Å². The molecule has 0 spiro atoms. The highest BCUT2D eigenvalue weighted by Gasteiger charge is 2.27. The molecule has 2 atom stereocenters. The topological polar surface area (TPSA) is 106 Å². The Balaban J connectivity index is 2.62. The Kier molecular flexibility index (Phi) is 11.2. The minimum absolute atomic E-state index is 0.0976. The molecule has 0 saturated carbocycles. The molecule has 42 heavy (non-hydrogen) atoms. The van der Waals surface area contributed by atoms with E-state index in [1.54, 1.807) is 12.4 Å². The van der Waals surface area contributed by atoms with Gasteiger partial charge in [0.05, 0.1) is 12.1 Å². The zero-order chi connectivity index (χ0) is 32.3. The van der Waals surface area contributed by atoms with E-state index < -0.39 is 12.1 Å². The highest BCUT2D eigenvalue weighted by molar-refractivity contribution is 5.86.